The summed E-state index contributed by atoms with van der Waals surface area (Å²) < 4.78 is 0. The molecule has 0 aromatic rings. The SMILES string of the molecule is C/C=C(\C)C(CC)=NC.CC. The Bertz CT molecular complexity index is 132. The second kappa shape index (κ2) is 9.41. The zero-order valence-electron chi connectivity index (χ0n) is 8.73. The van der Waals surface area contributed by atoms with Gasteiger partial charge in [0.2, 0.25) is 0 Å². The molecule has 0 saturated heterocycles. The van der Waals surface area contributed by atoms with E-state index >= 15 is 0 Å². The molecule has 0 amide bonds. The highest BCUT2D eigenvalue weighted by atomic mass is 14.7. The molecule has 11 heavy (non-hydrogen) atoms. The molecule has 0 radical (unpaired) electrons. The molecule has 1 nitrogen and oxygen atoms in total. The summed E-state index contributed by atoms with van der Waals surface area (Å²) in [7, 11) is 1.84. The highest BCUT2D eigenvalue weighted by Gasteiger charge is 1.93. The Balaban J connectivity index is 0. The lowest BCUT2D eigenvalue weighted by Gasteiger charge is -1.99. The van der Waals surface area contributed by atoms with Gasteiger partial charge in [0.1, 0.15) is 0 Å². The Morgan fingerprint density at radius 3 is 1.91 bits per heavy atom. The van der Waals surface area contributed by atoms with Crippen LogP contribution in [0.25, 0.3) is 0 Å². The van der Waals surface area contributed by atoms with Gasteiger partial charge in [0.25, 0.3) is 0 Å². The van der Waals surface area contributed by atoms with Crippen molar-refractivity contribution in [2.45, 2.75) is 41.0 Å². The van der Waals surface area contributed by atoms with Crippen LogP contribution in [0.2, 0.25) is 0 Å². The molecule has 1 heteroatoms. The quantitative estimate of drug-likeness (QED) is 0.541. The smallest absolute Gasteiger partial charge is 0.0367 e. The van der Waals surface area contributed by atoms with E-state index in [2.05, 4.69) is 24.9 Å². The van der Waals surface area contributed by atoms with E-state index < -0.39 is 0 Å². The molecule has 0 aliphatic carbocycles. The van der Waals surface area contributed by atoms with E-state index in [9.17, 15) is 0 Å². The first-order chi connectivity index (χ1) is 5.26. The van der Waals surface area contributed by atoms with Gasteiger partial charge in [0.15, 0.2) is 0 Å². The summed E-state index contributed by atoms with van der Waals surface area (Å²) in [5, 5.41) is 0. The van der Waals surface area contributed by atoms with Gasteiger partial charge in [0.05, 0.1) is 0 Å². The largest absolute Gasteiger partial charge is 0.293 e. The third-order valence-electron chi connectivity index (χ3n) is 1.49. The van der Waals surface area contributed by atoms with E-state index in [0.29, 0.717) is 0 Å². The average Bonchev–Trinajstić information content (AvgIpc) is 2.10. The monoisotopic (exact) mass is 155 g/mol. The van der Waals surface area contributed by atoms with Crippen LogP contribution in [0.5, 0.6) is 0 Å². The van der Waals surface area contributed by atoms with Crippen LogP contribution < -0.4 is 0 Å². The fraction of sp³-hybridized carbons (Fsp3) is 0.700. The first-order valence-corrected chi connectivity index (χ1v) is 4.35. The van der Waals surface area contributed by atoms with Crippen LogP contribution in [-0.4, -0.2) is 12.8 Å². The minimum Gasteiger partial charge on any atom is -0.293 e. The van der Waals surface area contributed by atoms with E-state index in [0.717, 1.165) is 6.42 Å². The first-order valence-electron chi connectivity index (χ1n) is 4.35. The fourth-order valence-electron chi connectivity index (χ4n) is 0.780. The maximum Gasteiger partial charge on any atom is 0.0367 e. The van der Waals surface area contributed by atoms with Crippen LogP contribution >= 0.6 is 0 Å². The van der Waals surface area contributed by atoms with Gasteiger partial charge >= 0.3 is 0 Å². The molecule has 0 rings (SSSR count). The number of allylic oxidation sites excluding steroid dienone is 2. The lowest BCUT2D eigenvalue weighted by molar-refractivity contribution is 1.23. The van der Waals surface area contributed by atoms with Crippen molar-refractivity contribution < 1.29 is 0 Å². The number of hydrogen-bond acceptors (Lipinski definition) is 1. The zero-order chi connectivity index (χ0) is 9.28. The Hall–Kier alpha value is -0.590. The van der Waals surface area contributed by atoms with Gasteiger partial charge in [0, 0.05) is 12.8 Å². The third-order valence-corrected chi connectivity index (χ3v) is 1.49. The molecule has 66 valence electrons. The van der Waals surface area contributed by atoms with Gasteiger partial charge in [-0.2, -0.15) is 0 Å². The Kier molecular flexibility index (Phi) is 11.1. The minimum absolute atomic E-state index is 1.03. The molecular formula is C10H21N. The highest BCUT2D eigenvalue weighted by Crippen LogP contribution is 1.99. The normalized spacial score (nSPS) is 12.2. The summed E-state index contributed by atoms with van der Waals surface area (Å²) in [4.78, 5) is 4.13. The fourth-order valence-corrected chi connectivity index (χ4v) is 0.780. The minimum atomic E-state index is 1.03. The predicted octanol–water partition coefficient (Wildman–Crippen LogP) is 3.46. The Morgan fingerprint density at radius 1 is 1.36 bits per heavy atom. The van der Waals surface area contributed by atoms with Crippen molar-refractivity contribution in [3.8, 4) is 0 Å². The molecule has 0 heterocycles. The average molecular weight is 155 g/mol. The number of nitrogens with zero attached hydrogens (tertiary/aromatic N) is 1. The van der Waals surface area contributed by atoms with Crippen LogP contribution in [0, 0.1) is 0 Å². The van der Waals surface area contributed by atoms with Crippen molar-refractivity contribution in [1.29, 1.82) is 0 Å². The van der Waals surface area contributed by atoms with Gasteiger partial charge < -0.3 is 0 Å². The summed E-state index contributed by atoms with van der Waals surface area (Å²) in [6, 6.07) is 0. The second-order valence-electron chi connectivity index (χ2n) is 2.00. The molecule has 0 saturated carbocycles. The molecule has 0 aliphatic rings. The standard InChI is InChI=1S/C8H15N.C2H6/c1-5-7(3)8(6-2)9-4;1-2/h5H,6H2,1-4H3;1-2H3/b7-5+,9-8?;. The molecule has 0 spiro atoms. The molecule has 0 fully saturated rings. The summed E-state index contributed by atoms with van der Waals surface area (Å²) >= 11 is 0. The van der Waals surface area contributed by atoms with E-state index in [-0.39, 0.29) is 0 Å². The zero-order valence-corrected chi connectivity index (χ0v) is 8.73. The lowest BCUT2D eigenvalue weighted by Crippen LogP contribution is -1.96. The number of hydrogen-bond donors (Lipinski definition) is 0. The molecule has 0 aromatic heterocycles. The second-order valence-corrected chi connectivity index (χ2v) is 2.00. The molecular weight excluding hydrogens is 134 g/mol. The summed E-state index contributed by atoms with van der Waals surface area (Å²) in [6.07, 6.45) is 3.12. The van der Waals surface area contributed by atoms with Crippen LogP contribution in [0.3, 0.4) is 0 Å². The third kappa shape index (κ3) is 5.84. The van der Waals surface area contributed by atoms with Crippen molar-refractivity contribution >= 4 is 5.71 Å². The van der Waals surface area contributed by atoms with Crippen LogP contribution in [-0.2, 0) is 0 Å². The lowest BCUT2D eigenvalue weighted by atomic mass is 10.1. The van der Waals surface area contributed by atoms with Gasteiger partial charge in [-0.3, -0.25) is 4.99 Å². The van der Waals surface area contributed by atoms with Gasteiger partial charge in [-0.05, 0) is 25.8 Å². The molecule has 0 N–H and O–H groups in total. The topological polar surface area (TPSA) is 12.4 Å². The van der Waals surface area contributed by atoms with E-state index in [1.165, 1.54) is 11.3 Å². The Morgan fingerprint density at radius 2 is 1.82 bits per heavy atom. The van der Waals surface area contributed by atoms with Crippen molar-refractivity contribution in [1.82, 2.24) is 0 Å². The van der Waals surface area contributed by atoms with Crippen LogP contribution in [0.4, 0.5) is 0 Å². The van der Waals surface area contributed by atoms with Crippen LogP contribution in [0.1, 0.15) is 41.0 Å². The van der Waals surface area contributed by atoms with Gasteiger partial charge in [-0.1, -0.05) is 26.8 Å². The Labute approximate surface area is 71.2 Å². The van der Waals surface area contributed by atoms with Gasteiger partial charge in [-0.25, -0.2) is 0 Å². The van der Waals surface area contributed by atoms with E-state index in [1.807, 2.05) is 27.8 Å². The maximum atomic E-state index is 4.13. The first kappa shape index (κ1) is 13.0. The summed E-state index contributed by atoms with van der Waals surface area (Å²) in [5.41, 5.74) is 2.50. The molecule has 0 atom stereocenters. The van der Waals surface area contributed by atoms with Crippen LogP contribution in [0.15, 0.2) is 16.6 Å². The van der Waals surface area contributed by atoms with Crippen molar-refractivity contribution in [2.75, 3.05) is 7.05 Å². The number of aliphatic imine (C=N–C) groups is 1. The predicted molar refractivity (Wildman–Crippen MR) is 54.4 cm³/mol. The summed E-state index contributed by atoms with van der Waals surface area (Å²) in [6.45, 7) is 10.2. The van der Waals surface area contributed by atoms with Crippen molar-refractivity contribution in [3.63, 3.8) is 0 Å². The van der Waals surface area contributed by atoms with E-state index in [4.69, 9.17) is 0 Å². The maximum absolute atomic E-state index is 4.13. The molecule has 0 unspecified atom stereocenters. The summed E-state index contributed by atoms with van der Waals surface area (Å²) in [5.74, 6) is 0. The number of rotatable bonds is 2. The highest BCUT2D eigenvalue weighted by molar-refractivity contribution is 5.99. The molecule has 0 aromatic carbocycles. The van der Waals surface area contributed by atoms with Crippen molar-refractivity contribution in [3.05, 3.63) is 11.6 Å². The van der Waals surface area contributed by atoms with E-state index in [1.54, 1.807) is 0 Å². The van der Waals surface area contributed by atoms with Crippen molar-refractivity contribution in [2.24, 2.45) is 4.99 Å². The van der Waals surface area contributed by atoms with Gasteiger partial charge in [-0.15, -0.1) is 0 Å². The molecule has 0 aliphatic heterocycles. The molecule has 0 bridgehead atoms.